The van der Waals surface area contributed by atoms with Gasteiger partial charge >= 0.3 is 5.97 Å². The van der Waals surface area contributed by atoms with E-state index in [1.54, 1.807) is 0 Å². The summed E-state index contributed by atoms with van der Waals surface area (Å²) in [5.74, 6) is -0.409. The van der Waals surface area contributed by atoms with Crippen LogP contribution in [0.2, 0.25) is 0 Å². The molecule has 0 spiro atoms. The number of hydrogen-bond donors (Lipinski definition) is 0. The predicted octanol–water partition coefficient (Wildman–Crippen LogP) is 2.03. The fourth-order valence-electron chi connectivity index (χ4n) is 0.290. The smallest absolute Gasteiger partial charge is 0.334 e. The summed E-state index contributed by atoms with van der Waals surface area (Å²) in [7, 11) is 0. The molecule has 0 aromatic rings. The van der Waals surface area contributed by atoms with Gasteiger partial charge < -0.3 is 4.74 Å². The first-order valence-corrected chi connectivity index (χ1v) is 3.19. The Balaban J connectivity index is 3.71. The summed E-state index contributed by atoms with van der Waals surface area (Å²) in [6, 6.07) is 0. The topological polar surface area (TPSA) is 26.3 Å². The minimum absolute atomic E-state index is 0.409. The zero-order valence-electron chi connectivity index (χ0n) is 6.39. The zero-order valence-corrected chi connectivity index (χ0v) is 6.39. The minimum atomic E-state index is -0.409. The summed E-state index contributed by atoms with van der Waals surface area (Å²) in [4.78, 5) is 10.4. The molecule has 0 aliphatic rings. The van der Waals surface area contributed by atoms with Crippen LogP contribution in [-0.4, -0.2) is 5.97 Å². The molecule has 0 atom stereocenters. The van der Waals surface area contributed by atoms with Crippen molar-refractivity contribution in [2.24, 2.45) is 0 Å². The Morgan fingerprint density at radius 3 is 2.70 bits per heavy atom. The van der Waals surface area contributed by atoms with E-state index >= 15 is 0 Å². The second-order valence-corrected chi connectivity index (χ2v) is 1.96. The number of carbonyl (C=O) groups is 1. The third-order valence-corrected chi connectivity index (χ3v) is 1.10. The third-order valence-electron chi connectivity index (χ3n) is 1.10. The molecule has 0 aliphatic heterocycles. The van der Waals surface area contributed by atoms with Crippen LogP contribution in [0.1, 0.15) is 20.3 Å². The van der Waals surface area contributed by atoms with Gasteiger partial charge in [0.1, 0.15) is 0 Å². The lowest BCUT2D eigenvalue weighted by Crippen LogP contribution is -1.92. The molecule has 0 heterocycles. The van der Waals surface area contributed by atoms with E-state index < -0.39 is 5.97 Å². The third kappa shape index (κ3) is 3.89. The van der Waals surface area contributed by atoms with Gasteiger partial charge in [-0.15, -0.1) is 0 Å². The van der Waals surface area contributed by atoms with E-state index in [-0.39, 0.29) is 0 Å². The van der Waals surface area contributed by atoms with Crippen LogP contribution in [0.4, 0.5) is 0 Å². The van der Waals surface area contributed by atoms with Crippen LogP contribution in [0.5, 0.6) is 0 Å². The highest BCUT2D eigenvalue weighted by atomic mass is 16.5. The number of allylic oxidation sites excluding steroid dienone is 1. The number of rotatable bonds is 3. The van der Waals surface area contributed by atoms with Gasteiger partial charge in [-0.25, -0.2) is 4.79 Å². The van der Waals surface area contributed by atoms with E-state index in [4.69, 9.17) is 0 Å². The second-order valence-electron chi connectivity index (χ2n) is 1.96. The molecule has 0 saturated heterocycles. The molecule has 0 radical (unpaired) electrons. The van der Waals surface area contributed by atoms with E-state index in [2.05, 4.69) is 11.3 Å². The Labute approximate surface area is 61.2 Å². The van der Waals surface area contributed by atoms with Crippen molar-refractivity contribution in [2.75, 3.05) is 0 Å². The Hall–Kier alpha value is -1.05. The molecule has 56 valence electrons. The largest absolute Gasteiger partial charge is 0.431 e. The Morgan fingerprint density at radius 2 is 2.30 bits per heavy atom. The van der Waals surface area contributed by atoms with Crippen LogP contribution in [0, 0.1) is 0 Å². The molecule has 0 bridgehead atoms. The molecular formula is C8H12O2. The normalized spacial score (nSPS) is 10.8. The van der Waals surface area contributed by atoms with Crippen molar-refractivity contribution in [1.29, 1.82) is 0 Å². The lowest BCUT2D eigenvalue weighted by molar-refractivity contribution is -0.132. The van der Waals surface area contributed by atoms with Gasteiger partial charge in [0, 0.05) is 6.08 Å². The molecule has 2 heteroatoms. The van der Waals surface area contributed by atoms with E-state index in [9.17, 15) is 4.79 Å². The molecule has 0 saturated carbocycles. The van der Waals surface area contributed by atoms with Crippen LogP contribution in [0.3, 0.4) is 0 Å². The second kappa shape index (κ2) is 4.79. The highest BCUT2D eigenvalue weighted by Crippen LogP contribution is 1.97. The summed E-state index contributed by atoms with van der Waals surface area (Å²) in [5, 5.41) is 0. The summed E-state index contributed by atoms with van der Waals surface area (Å²) < 4.78 is 4.62. The zero-order chi connectivity index (χ0) is 7.98. The average molecular weight is 140 g/mol. The summed E-state index contributed by atoms with van der Waals surface area (Å²) in [6.07, 6.45) is 3.48. The van der Waals surface area contributed by atoms with Gasteiger partial charge in [-0.2, -0.15) is 0 Å². The fraction of sp³-hybridized carbons (Fsp3) is 0.375. The maximum Gasteiger partial charge on any atom is 0.334 e. The molecular weight excluding hydrogens is 128 g/mol. The van der Waals surface area contributed by atoms with Gasteiger partial charge in [-0.1, -0.05) is 13.5 Å². The van der Waals surface area contributed by atoms with Gasteiger partial charge in [0.05, 0.1) is 6.26 Å². The van der Waals surface area contributed by atoms with Gasteiger partial charge in [-0.3, -0.25) is 0 Å². The molecule has 0 unspecified atom stereocenters. The highest BCUT2D eigenvalue weighted by Gasteiger charge is 1.90. The number of carbonyl (C=O) groups excluding carboxylic acids is 1. The van der Waals surface area contributed by atoms with Crippen molar-refractivity contribution in [1.82, 2.24) is 0 Å². The van der Waals surface area contributed by atoms with Crippen molar-refractivity contribution < 1.29 is 9.53 Å². The fourth-order valence-corrected chi connectivity index (χ4v) is 0.290. The molecule has 0 aromatic carbocycles. The van der Waals surface area contributed by atoms with Crippen molar-refractivity contribution in [3.63, 3.8) is 0 Å². The van der Waals surface area contributed by atoms with E-state index in [0.717, 1.165) is 18.1 Å². The first kappa shape index (κ1) is 8.95. The summed E-state index contributed by atoms with van der Waals surface area (Å²) in [5.41, 5.74) is 1.04. The maximum absolute atomic E-state index is 10.4. The lowest BCUT2D eigenvalue weighted by Gasteiger charge is -1.94. The molecule has 0 aliphatic carbocycles. The van der Waals surface area contributed by atoms with Crippen molar-refractivity contribution >= 4 is 5.97 Å². The quantitative estimate of drug-likeness (QED) is 0.340. The van der Waals surface area contributed by atoms with E-state index in [0.29, 0.717) is 0 Å². The van der Waals surface area contributed by atoms with Crippen LogP contribution in [0.25, 0.3) is 0 Å². The maximum atomic E-state index is 10.4. The predicted molar refractivity (Wildman–Crippen MR) is 40.3 cm³/mol. The standard InChI is InChI=1S/C8H12O2/c1-4-7(3)6-10-8(9)5-2/h5-6H,2,4H2,1,3H3/b7-6-. The highest BCUT2D eigenvalue weighted by molar-refractivity contribution is 5.81. The van der Waals surface area contributed by atoms with Gasteiger partial charge in [-0.05, 0) is 18.9 Å². The SMILES string of the molecule is C=CC(=O)O/C=C(/C)CC. The van der Waals surface area contributed by atoms with E-state index in [1.165, 1.54) is 6.26 Å². The first-order chi connectivity index (χ1) is 4.70. The van der Waals surface area contributed by atoms with Crippen molar-refractivity contribution in [3.8, 4) is 0 Å². The van der Waals surface area contributed by atoms with Gasteiger partial charge in [0.15, 0.2) is 0 Å². The molecule has 0 rings (SSSR count). The Morgan fingerprint density at radius 1 is 1.70 bits per heavy atom. The Bertz CT molecular complexity index is 157. The van der Waals surface area contributed by atoms with Gasteiger partial charge in [0.2, 0.25) is 0 Å². The summed E-state index contributed by atoms with van der Waals surface area (Å²) >= 11 is 0. The van der Waals surface area contributed by atoms with Crippen LogP contribution in [-0.2, 0) is 9.53 Å². The molecule has 0 aromatic heterocycles. The average Bonchev–Trinajstić information content (AvgIpc) is 1.99. The monoisotopic (exact) mass is 140 g/mol. The van der Waals surface area contributed by atoms with Gasteiger partial charge in [0.25, 0.3) is 0 Å². The van der Waals surface area contributed by atoms with Crippen molar-refractivity contribution in [3.05, 3.63) is 24.5 Å². The van der Waals surface area contributed by atoms with Crippen molar-refractivity contribution in [2.45, 2.75) is 20.3 Å². The Kier molecular flexibility index (Phi) is 4.29. The first-order valence-electron chi connectivity index (χ1n) is 3.19. The molecule has 0 fully saturated rings. The lowest BCUT2D eigenvalue weighted by atomic mass is 10.3. The van der Waals surface area contributed by atoms with Crippen LogP contribution >= 0.6 is 0 Å². The van der Waals surface area contributed by atoms with Crippen LogP contribution in [0.15, 0.2) is 24.5 Å². The summed E-state index contributed by atoms with van der Waals surface area (Å²) in [6.45, 7) is 7.15. The molecule has 2 nitrogen and oxygen atoms in total. The molecule has 0 N–H and O–H groups in total. The van der Waals surface area contributed by atoms with Crippen LogP contribution < -0.4 is 0 Å². The number of hydrogen-bond acceptors (Lipinski definition) is 2. The number of ether oxygens (including phenoxy) is 1. The molecule has 0 amide bonds. The van der Waals surface area contributed by atoms with E-state index in [1.807, 2.05) is 13.8 Å². The minimum Gasteiger partial charge on any atom is -0.431 e. The molecule has 10 heavy (non-hydrogen) atoms. The number of esters is 1.